The number of fused-ring (bicyclic) bond motifs is 1. The number of carbonyl (C=O) groups is 1. The van der Waals surface area contributed by atoms with Gasteiger partial charge in [0.05, 0.1) is 15.1 Å². The first-order valence-corrected chi connectivity index (χ1v) is 13.0. The summed E-state index contributed by atoms with van der Waals surface area (Å²) in [6, 6.07) is 12.8. The van der Waals surface area contributed by atoms with Crippen LogP contribution in [-0.4, -0.2) is 40.6 Å². The molecule has 2 aromatic carbocycles. The maximum absolute atomic E-state index is 13.7. The third-order valence-corrected chi connectivity index (χ3v) is 8.58. The van der Waals surface area contributed by atoms with Crippen LogP contribution in [0.25, 0.3) is 10.2 Å². The Bertz CT molecular complexity index is 1150. The number of thioether (sulfide) groups is 1. The Balaban J connectivity index is 2.09. The molecule has 1 amide bonds. The van der Waals surface area contributed by atoms with Gasteiger partial charge in [0.15, 0.2) is 4.34 Å². The minimum atomic E-state index is -4.06. The van der Waals surface area contributed by atoms with Gasteiger partial charge in [-0.1, -0.05) is 62.9 Å². The Kier molecular flexibility index (Phi) is 7.71. The normalized spacial score (nSPS) is 13.1. The van der Waals surface area contributed by atoms with Crippen molar-refractivity contribution in [1.29, 1.82) is 0 Å². The van der Waals surface area contributed by atoms with Crippen molar-refractivity contribution in [2.24, 2.45) is 5.92 Å². The Morgan fingerprint density at radius 3 is 2.55 bits per heavy atom. The molecular weight excluding hydrogens is 454 g/mol. The SMILES string of the molecule is CCSc1nc2ccc(S(=O)(=O)N(Cc3ccccc3)[C@@H](C(=O)NO)C(C)C)cc2s1. The summed E-state index contributed by atoms with van der Waals surface area (Å²) in [6.45, 7) is 5.52. The van der Waals surface area contributed by atoms with Crippen molar-refractivity contribution in [1.82, 2.24) is 14.8 Å². The van der Waals surface area contributed by atoms with Crippen LogP contribution in [0.3, 0.4) is 0 Å². The maximum atomic E-state index is 13.7. The molecule has 0 aliphatic heterocycles. The molecule has 0 fully saturated rings. The number of thiazole rings is 1. The fraction of sp³-hybridized carbons (Fsp3) is 0.333. The van der Waals surface area contributed by atoms with Gasteiger partial charge in [0.2, 0.25) is 10.0 Å². The van der Waals surface area contributed by atoms with Crippen LogP contribution in [0.5, 0.6) is 0 Å². The number of benzene rings is 2. The van der Waals surface area contributed by atoms with Gasteiger partial charge in [-0.25, -0.2) is 18.9 Å². The number of carbonyl (C=O) groups excluding carboxylic acids is 1. The summed E-state index contributed by atoms with van der Waals surface area (Å²) in [4.78, 5) is 17.1. The minimum absolute atomic E-state index is 0.00287. The smallest absolute Gasteiger partial charge is 0.262 e. The van der Waals surface area contributed by atoms with Crippen LogP contribution >= 0.6 is 23.1 Å². The standard InChI is InChI=1S/C21H25N3O4S3/c1-4-29-21-22-17-11-10-16(12-18(17)30-21)31(27,28)24(13-15-8-6-5-7-9-15)19(14(2)3)20(25)23-26/h5-12,14,19,26H,4,13H2,1-3H3,(H,23,25)/t19-/m1/s1. The zero-order valence-corrected chi connectivity index (χ0v) is 19.9. The minimum Gasteiger partial charge on any atom is -0.289 e. The summed E-state index contributed by atoms with van der Waals surface area (Å²) in [5, 5.41) is 9.27. The average Bonchev–Trinajstić information content (AvgIpc) is 3.15. The van der Waals surface area contributed by atoms with Gasteiger partial charge >= 0.3 is 0 Å². The predicted molar refractivity (Wildman–Crippen MR) is 124 cm³/mol. The number of sulfonamides is 1. The molecule has 1 atom stereocenters. The van der Waals surface area contributed by atoms with Crippen molar-refractivity contribution in [2.45, 2.75) is 42.6 Å². The van der Waals surface area contributed by atoms with E-state index in [1.165, 1.54) is 17.4 Å². The molecule has 0 aliphatic carbocycles. The number of hydrogen-bond acceptors (Lipinski definition) is 7. The van der Waals surface area contributed by atoms with E-state index < -0.39 is 22.0 Å². The van der Waals surface area contributed by atoms with Gasteiger partial charge in [-0.3, -0.25) is 10.0 Å². The van der Waals surface area contributed by atoms with Crippen LogP contribution < -0.4 is 5.48 Å². The highest BCUT2D eigenvalue weighted by molar-refractivity contribution is 8.01. The van der Waals surface area contributed by atoms with Crippen LogP contribution in [0.2, 0.25) is 0 Å². The van der Waals surface area contributed by atoms with E-state index in [2.05, 4.69) is 4.98 Å². The van der Waals surface area contributed by atoms with E-state index in [-0.39, 0.29) is 17.4 Å². The molecule has 0 saturated heterocycles. The molecule has 166 valence electrons. The van der Waals surface area contributed by atoms with Crippen molar-refractivity contribution in [3.63, 3.8) is 0 Å². The summed E-state index contributed by atoms with van der Waals surface area (Å²) < 4.78 is 30.3. The van der Waals surface area contributed by atoms with E-state index in [0.717, 1.165) is 30.2 Å². The number of amides is 1. The van der Waals surface area contributed by atoms with Crippen molar-refractivity contribution in [2.75, 3.05) is 5.75 Å². The molecule has 0 spiro atoms. The van der Waals surface area contributed by atoms with Gasteiger partial charge in [-0.05, 0) is 35.4 Å². The molecule has 3 rings (SSSR count). The number of aromatic nitrogens is 1. The van der Waals surface area contributed by atoms with Crippen LogP contribution in [-0.2, 0) is 21.4 Å². The quantitative estimate of drug-likeness (QED) is 0.272. The second-order valence-corrected chi connectivity index (χ2v) is 11.7. The van der Waals surface area contributed by atoms with Gasteiger partial charge in [-0.15, -0.1) is 11.3 Å². The van der Waals surface area contributed by atoms with Gasteiger partial charge in [0, 0.05) is 6.54 Å². The number of hydroxylamine groups is 1. The Labute approximate surface area is 190 Å². The first-order valence-electron chi connectivity index (χ1n) is 9.81. The molecule has 0 saturated carbocycles. The Morgan fingerprint density at radius 2 is 1.94 bits per heavy atom. The fourth-order valence-corrected chi connectivity index (χ4v) is 7.11. The zero-order valence-electron chi connectivity index (χ0n) is 17.5. The van der Waals surface area contributed by atoms with Crippen molar-refractivity contribution in [3.05, 3.63) is 54.1 Å². The van der Waals surface area contributed by atoms with Crippen LogP contribution in [0, 0.1) is 5.92 Å². The van der Waals surface area contributed by atoms with Crippen molar-refractivity contribution in [3.8, 4) is 0 Å². The van der Waals surface area contributed by atoms with Crippen molar-refractivity contribution < 1.29 is 18.4 Å². The van der Waals surface area contributed by atoms with E-state index in [4.69, 9.17) is 0 Å². The Hall–Kier alpha value is -1.98. The topological polar surface area (TPSA) is 99.6 Å². The van der Waals surface area contributed by atoms with Gasteiger partial charge in [-0.2, -0.15) is 4.31 Å². The fourth-order valence-electron chi connectivity index (χ4n) is 3.29. The highest BCUT2D eigenvalue weighted by Gasteiger charge is 2.38. The number of nitrogens with one attached hydrogen (secondary N) is 1. The summed E-state index contributed by atoms with van der Waals surface area (Å²) in [5.41, 5.74) is 3.11. The van der Waals surface area contributed by atoms with Crippen LogP contribution in [0.15, 0.2) is 57.8 Å². The molecule has 0 aliphatic rings. The highest BCUT2D eigenvalue weighted by Crippen LogP contribution is 2.32. The highest BCUT2D eigenvalue weighted by atomic mass is 32.2. The summed E-state index contributed by atoms with van der Waals surface area (Å²) in [7, 11) is -4.06. The molecule has 0 radical (unpaired) electrons. The molecule has 2 N–H and O–H groups in total. The molecule has 3 aromatic rings. The largest absolute Gasteiger partial charge is 0.289 e. The lowest BCUT2D eigenvalue weighted by molar-refractivity contribution is -0.134. The van der Waals surface area contributed by atoms with Crippen molar-refractivity contribution >= 4 is 49.2 Å². The monoisotopic (exact) mass is 479 g/mol. The molecule has 0 unspecified atom stereocenters. The van der Waals surface area contributed by atoms with E-state index in [0.29, 0.717) is 0 Å². The first kappa shape index (κ1) is 23.7. The summed E-state index contributed by atoms with van der Waals surface area (Å²) in [5.74, 6) is -0.261. The second kappa shape index (κ2) is 10.1. The maximum Gasteiger partial charge on any atom is 0.262 e. The molecule has 10 heteroatoms. The van der Waals surface area contributed by atoms with E-state index in [1.54, 1.807) is 55.4 Å². The number of nitrogens with zero attached hydrogens (tertiary/aromatic N) is 2. The van der Waals surface area contributed by atoms with E-state index in [1.807, 2.05) is 25.1 Å². The first-order chi connectivity index (χ1) is 14.8. The average molecular weight is 480 g/mol. The number of rotatable bonds is 9. The summed E-state index contributed by atoms with van der Waals surface area (Å²) >= 11 is 3.05. The lowest BCUT2D eigenvalue weighted by atomic mass is 10.0. The second-order valence-electron chi connectivity index (χ2n) is 7.24. The molecule has 1 aromatic heterocycles. The third-order valence-electron chi connectivity index (χ3n) is 4.72. The van der Waals surface area contributed by atoms with E-state index >= 15 is 0 Å². The summed E-state index contributed by atoms with van der Waals surface area (Å²) in [6.07, 6.45) is 0. The number of hydrogen-bond donors (Lipinski definition) is 2. The van der Waals surface area contributed by atoms with E-state index in [9.17, 15) is 18.4 Å². The molecular formula is C21H25N3O4S3. The lowest BCUT2D eigenvalue weighted by Crippen LogP contribution is -2.51. The lowest BCUT2D eigenvalue weighted by Gasteiger charge is -2.32. The molecule has 1 heterocycles. The third kappa shape index (κ3) is 5.27. The zero-order chi connectivity index (χ0) is 22.6. The molecule has 7 nitrogen and oxygen atoms in total. The van der Waals surface area contributed by atoms with Crippen LogP contribution in [0.4, 0.5) is 0 Å². The van der Waals surface area contributed by atoms with Gasteiger partial charge in [0.25, 0.3) is 5.91 Å². The Morgan fingerprint density at radius 1 is 1.23 bits per heavy atom. The van der Waals surface area contributed by atoms with Crippen LogP contribution in [0.1, 0.15) is 26.3 Å². The predicted octanol–water partition coefficient (Wildman–Crippen LogP) is 4.13. The molecule has 0 bridgehead atoms. The van der Waals surface area contributed by atoms with Gasteiger partial charge in [0.1, 0.15) is 6.04 Å². The van der Waals surface area contributed by atoms with Gasteiger partial charge < -0.3 is 0 Å². The molecule has 31 heavy (non-hydrogen) atoms.